The molecule has 0 spiro atoms. The van der Waals surface area contributed by atoms with Crippen molar-refractivity contribution in [3.05, 3.63) is 25.5 Å². The monoisotopic (exact) mass is 275 g/mol. The topological polar surface area (TPSA) is 78.2 Å². The molecule has 0 radical (unpaired) electrons. The van der Waals surface area contributed by atoms with Gasteiger partial charge in [-0.25, -0.2) is 4.68 Å². The average Bonchev–Trinajstić information content (AvgIpc) is 2.34. The Kier molecular flexibility index (Phi) is 5.45. The summed E-state index contributed by atoms with van der Waals surface area (Å²) in [5.41, 5.74) is -1.36. The molecule has 0 saturated carbocycles. The molecule has 1 aromatic heterocycles. The van der Waals surface area contributed by atoms with Crippen LogP contribution in [0.25, 0.3) is 0 Å². The first-order valence-electron chi connectivity index (χ1n) is 5.64. The van der Waals surface area contributed by atoms with Crippen LogP contribution in [0.3, 0.4) is 0 Å². The largest absolute Gasteiger partial charge is 0.351 e. The number of hydrogen-bond acceptors (Lipinski definition) is 5. The molecule has 0 unspecified atom stereocenters. The van der Waals surface area contributed by atoms with Crippen molar-refractivity contribution in [2.75, 3.05) is 13.2 Å². The van der Waals surface area contributed by atoms with E-state index in [4.69, 9.17) is 21.7 Å². The molecule has 0 saturated heterocycles. The van der Waals surface area contributed by atoms with Gasteiger partial charge < -0.3 is 9.47 Å². The van der Waals surface area contributed by atoms with Gasteiger partial charge in [-0.2, -0.15) is 0 Å². The highest BCUT2D eigenvalue weighted by Crippen LogP contribution is 1.97. The van der Waals surface area contributed by atoms with Gasteiger partial charge in [-0.15, -0.1) is 0 Å². The van der Waals surface area contributed by atoms with Crippen LogP contribution in [0, 0.1) is 4.77 Å². The van der Waals surface area contributed by atoms with Gasteiger partial charge in [-0.05, 0) is 26.1 Å². The fourth-order valence-corrected chi connectivity index (χ4v) is 1.59. The van der Waals surface area contributed by atoms with Crippen molar-refractivity contribution in [2.24, 2.45) is 7.05 Å². The first-order valence-corrected chi connectivity index (χ1v) is 6.05. The van der Waals surface area contributed by atoms with E-state index >= 15 is 0 Å². The SMILES string of the molecule is CCOC(Cn1[nH]c(=S)n(C)c(=O)c1=O)OCC. The maximum atomic E-state index is 11.7. The second kappa shape index (κ2) is 6.62. The lowest BCUT2D eigenvalue weighted by Gasteiger charge is -2.17. The summed E-state index contributed by atoms with van der Waals surface area (Å²) >= 11 is 4.94. The van der Waals surface area contributed by atoms with E-state index in [-0.39, 0.29) is 11.3 Å². The lowest BCUT2D eigenvalue weighted by molar-refractivity contribution is -0.145. The van der Waals surface area contributed by atoms with Crippen LogP contribution in [0.1, 0.15) is 13.8 Å². The van der Waals surface area contributed by atoms with E-state index in [2.05, 4.69) is 5.10 Å². The third-order valence-electron chi connectivity index (χ3n) is 2.30. The van der Waals surface area contributed by atoms with Crippen molar-refractivity contribution in [1.82, 2.24) is 14.3 Å². The summed E-state index contributed by atoms with van der Waals surface area (Å²) in [5, 5.41) is 2.65. The zero-order valence-corrected chi connectivity index (χ0v) is 11.5. The molecule has 0 amide bonds. The molecule has 102 valence electrons. The van der Waals surface area contributed by atoms with Crippen molar-refractivity contribution in [3.8, 4) is 0 Å². The summed E-state index contributed by atoms with van der Waals surface area (Å²) in [4.78, 5) is 23.3. The van der Waals surface area contributed by atoms with Crippen LogP contribution in [0.15, 0.2) is 9.59 Å². The van der Waals surface area contributed by atoms with Crippen LogP contribution >= 0.6 is 12.2 Å². The molecule has 0 bridgehead atoms. The lowest BCUT2D eigenvalue weighted by atomic mass is 10.6. The first-order chi connectivity index (χ1) is 8.51. The Bertz CT molecular complexity index is 553. The number of aromatic amines is 1. The molecule has 1 rings (SSSR count). The number of nitrogens with zero attached hydrogens (tertiary/aromatic N) is 2. The Balaban J connectivity index is 3.07. The van der Waals surface area contributed by atoms with Crippen molar-refractivity contribution in [2.45, 2.75) is 26.7 Å². The third kappa shape index (κ3) is 3.37. The molecule has 1 N–H and O–H groups in total. The number of nitrogens with one attached hydrogen (secondary N) is 1. The molecule has 18 heavy (non-hydrogen) atoms. The van der Waals surface area contributed by atoms with Gasteiger partial charge in [-0.1, -0.05) is 0 Å². The van der Waals surface area contributed by atoms with Gasteiger partial charge >= 0.3 is 11.1 Å². The summed E-state index contributed by atoms with van der Waals surface area (Å²) in [6.07, 6.45) is -0.588. The van der Waals surface area contributed by atoms with Gasteiger partial charge in [0, 0.05) is 20.3 Å². The molecule has 7 nitrogen and oxygen atoms in total. The second-order valence-electron chi connectivity index (χ2n) is 3.54. The smallest absolute Gasteiger partial charge is 0.331 e. The number of H-pyrrole nitrogens is 1. The molecule has 0 aliphatic heterocycles. The molecular formula is C10H17N3O4S. The van der Waals surface area contributed by atoms with Crippen molar-refractivity contribution in [1.29, 1.82) is 0 Å². The van der Waals surface area contributed by atoms with E-state index in [0.717, 1.165) is 9.25 Å². The highest BCUT2D eigenvalue weighted by atomic mass is 32.1. The lowest BCUT2D eigenvalue weighted by Crippen LogP contribution is -2.44. The van der Waals surface area contributed by atoms with Gasteiger partial charge in [0.05, 0.1) is 6.54 Å². The van der Waals surface area contributed by atoms with Gasteiger partial charge in [0.25, 0.3) is 0 Å². The predicted molar refractivity (Wildman–Crippen MR) is 68.2 cm³/mol. The first kappa shape index (κ1) is 14.8. The normalized spacial score (nSPS) is 11.1. The molecule has 1 aromatic rings. The maximum absolute atomic E-state index is 11.7. The van der Waals surface area contributed by atoms with E-state index in [9.17, 15) is 9.59 Å². The standard InChI is InChI=1S/C10H17N3O4S/c1-4-16-7(17-5-2)6-13-9(15)8(14)12(3)10(18)11-13/h7H,4-6H2,1-3H3,(H,11,18). The van der Waals surface area contributed by atoms with E-state index in [1.54, 1.807) is 0 Å². The molecule has 1 heterocycles. The van der Waals surface area contributed by atoms with Gasteiger partial charge in [0.2, 0.25) is 0 Å². The predicted octanol–water partition coefficient (Wildman–Crippen LogP) is 0.00369. The minimum atomic E-state index is -0.685. The molecule has 0 aliphatic rings. The van der Waals surface area contributed by atoms with Crippen LogP contribution in [-0.4, -0.2) is 33.9 Å². The number of aromatic nitrogens is 3. The maximum Gasteiger partial charge on any atom is 0.331 e. The zero-order chi connectivity index (χ0) is 13.7. The fourth-order valence-electron chi connectivity index (χ4n) is 1.40. The Labute approximate surface area is 109 Å². The number of rotatable bonds is 6. The van der Waals surface area contributed by atoms with Gasteiger partial charge in [-0.3, -0.25) is 19.3 Å². The Morgan fingerprint density at radius 2 is 1.78 bits per heavy atom. The average molecular weight is 275 g/mol. The molecule has 0 fully saturated rings. The van der Waals surface area contributed by atoms with Crippen LogP contribution in [0.5, 0.6) is 0 Å². The number of hydrogen-bond donors (Lipinski definition) is 1. The van der Waals surface area contributed by atoms with Crippen LogP contribution in [0.2, 0.25) is 0 Å². The highest BCUT2D eigenvalue weighted by molar-refractivity contribution is 7.71. The quantitative estimate of drug-likeness (QED) is 0.449. The van der Waals surface area contributed by atoms with E-state index in [1.807, 2.05) is 13.8 Å². The third-order valence-corrected chi connectivity index (χ3v) is 2.67. The highest BCUT2D eigenvalue weighted by Gasteiger charge is 2.12. The molecule has 8 heteroatoms. The summed E-state index contributed by atoms with van der Waals surface area (Å²) in [5.74, 6) is 0. The molecular weight excluding hydrogens is 258 g/mol. The summed E-state index contributed by atoms with van der Waals surface area (Å²) < 4.78 is 13.0. The summed E-state index contributed by atoms with van der Waals surface area (Å²) in [7, 11) is 1.44. The molecule has 0 aromatic carbocycles. The summed E-state index contributed by atoms with van der Waals surface area (Å²) in [6.45, 7) is 4.64. The molecule has 0 atom stereocenters. The van der Waals surface area contributed by atoms with Crippen LogP contribution < -0.4 is 11.1 Å². The molecule has 0 aliphatic carbocycles. The second-order valence-corrected chi connectivity index (χ2v) is 3.92. The van der Waals surface area contributed by atoms with Crippen LogP contribution in [0.4, 0.5) is 0 Å². The number of ether oxygens (including phenoxy) is 2. The fraction of sp³-hybridized carbons (Fsp3) is 0.700. The van der Waals surface area contributed by atoms with Crippen molar-refractivity contribution >= 4 is 12.2 Å². The Morgan fingerprint density at radius 1 is 1.22 bits per heavy atom. The Hall–Kier alpha value is -1.25. The summed E-state index contributed by atoms with van der Waals surface area (Å²) in [6, 6.07) is 0. The van der Waals surface area contributed by atoms with E-state index in [0.29, 0.717) is 13.2 Å². The van der Waals surface area contributed by atoms with Crippen molar-refractivity contribution < 1.29 is 9.47 Å². The zero-order valence-electron chi connectivity index (χ0n) is 10.6. The minimum Gasteiger partial charge on any atom is -0.351 e. The van der Waals surface area contributed by atoms with Crippen molar-refractivity contribution in [3.63, 3.8) is 0 Å². The van der Waals surface area contributed by atoms with Crippen LogP contribution in [-0.2, 0) is 23.1 Å². The minimum absolute atomic E-state index is 0.0975. The van der Waals surface area contributed by atoms with Gasteiger partial charge in [0.1, 0.15) is 0 Å². The Morgan fingerprint density at radius 3 is 2.28 bits per heavy atom. The van der Waals surface area contributed by atoms with Gasteiger partial charge in [0.15, 0.2) is 11.1 Å². The van der Waals surface area contributed by atoms with E-state index < -0.39 is 17.4 Å². The van der Waals surface area contributed by atoms with E-state index in [1.165, 1.54) is 7.05 Å².